The number of halogens is 7. The van der Waals surface area contributed by atoms with E-state index < -0.39 is 46.7 Å². The van der Waals surface area contributed by atoms with Crippen molar-refractivity contribution in [1.82, 2.24) is 19.8 Å². The number of carbonyl (C=O) groups is 2. The first kappa shape index (κ1) is 33.7. The fraction of sp³-hybridized carbons (Fsp3) is 0.333. The van der Waals surface area contributed by atoms with Crippen LogP contribution in [-0.2, 0) is 22.7 Å². The van der Waals surface area contributed by atoms with Crippen LogP contribution in [0.2, 0.25) is 4.47 Å². The van der Waals surface area contributed by atoms with Crippen LogP contribution < -0.4 is 4.90 Å². The lowest BCUT2D eigenvalue weighted by Crippen LogP contribution is -2.24. The van der Waals surface area contributed by atoms with Crippen molar-refractivity contribution in [2.75, 3.05) is 32.1 Å². The molecule has 7 nitrogen and oxygen atoms in total. The third-order valence-corrected chi connectivity index (χ3v) is 9.74. The van der Waals surface area contributed by atoms with Gasteiger partial charge in [0.1, 0.15) is 11.6 Å². The molecular weight excluding hydrogens is 676 g/mol. The lowest BCUT2D eigenvalue weighted by atomic mass is 9.97. The van der Waals surface area contributed by atoms with Gasteiger partial charge in [0.25, 0.3) is 0 Å². The average Bonchev–Trinajstić information content (AvgIpc) is 3.78. The molecule has 2 aliphatic rings. The van der Waals surface area contributed by atoms with Gasteiger partial charge in [-0.15, -0.1) is 22.7 Å². The first-order valence-corrected chi connectivity index (χ1v) is 15.9. The maximum Gasteiger partial charge on any atom is 0.223 e. The van der Waals surface area contributed by atoms with Gasteiger partial charge in [0, 0.05) is 86.1 Å². The van der Waals surface area contributed by atoms with E-state index in [-0.39, 0.29) is 48.9 Å². The summed E-state index contributed by atoms with van der Waals surface area (Å²) < 4.78 is 81.4. The zero-order chi connectivity index (χ0) is 33.3. The Labute approximate surface area is 273 Å². The summed E-state index contributed by atoms with van der Waals surface area (Å²) in [4.78, 5) is 39.0. The molecule has 0 radical (unpaired) electrons. The Hall–Kier alpha value is -3.69. The lowest BCUT2D eigenvalue weighted by Gasteiger charge is -2.16. The van der Waals surface area contributed by atoms with Crippen molar-refractivity contribution in [3.05, 3.63) is 96.9 Å². The number of benzene rings is 2. The highest BCUT2D eigenvalue weighted by molar-refractivity contribution is 7.15. The van der Waals surface area contributed by atoms with E-state index in [0.29, 0.717) is 29.7 Å². The van der Waals surface area contributed by atoms with Crippen molar-refractivity contribution < 1.29 is 35.9 Å². The normalized spacial score (nSPS) is 17.9. The molecule has 244 valence electrons. The van der Waals surface area contributed by atoms with Crippen LogP contribution >= 0.6 is 34.3 Å². The van der Waals surface area contributed by atoms with Gasteiger partial charge in [-0.1, -0.05) is 11.6 Å². The summed E-state index contributed by atoms with van der Waals surface area (Å²) in [6.07, 6.45) is 3.32. The number of hydrogen-bond acceptors (Lipinski definition) is 7. The largest absolute Gasteiger partial charge is 0.354 e. The second-order valence-electron chi connectivity index (χ2n) is 11.0. The van der Waals surface area contributed by atoms with E-state index in [4.69, 9.17) is 11.6 Å². The van der Waals surface area contributed by atoms with E-state index in [1.165, 1.54) is 27.6 Å². The second kappa shape index (κ2) is 14.0. The Bertz CT molecular complexity index is 1770. The molecule has 6 rings (SSSR count). The minimum atomic E-state index is -1.24. The maximum absolute atomic E-state index is 13.9. The molecule has 46 heavy (non-hydrogen) atoms. The zero-order valence-electron chi connectivity index (χ0n) is 24.4. The van der Waals surface area contributed by atoms with Gasteiger partial charge in [-0.2, -0.15) is 0 Å². The number of aromatic nitrogens is 2. The number of hydrogen-bond donors (Lipinski definition) is 0. The number of carbonyl (C=O) groups excluding carboxylic acids is 2. The van der Waals surface area contributed by atoms with E-state index >= 15 is 0 Å². The van der Waals surface area contributed by atoms with Crippen molar-refractivity contribution in [1.29, 1.82) is 0 Å². The predicted molar refractivity (Wildman–Crippen MR) is 162 cm³/mol. The predicted octanol–water partition coefficient (Wildman–Crippen LogP) is 6.87. The van der Waals surface area contributed by atoms with Gasteiger partial charge in [-0.25, -0.2) is 36.3 Å². The number of likely N-dealkylation sites (tertiary alicyclic amines) is 2. The molecule has 0 aliphatic carbocycles. The molecule has 0 spiro atoms. The molecular formula is C30H26ClF6N5O2S2. The summed E-state index contributed by atoms with van der Waals surface area (Å²) >= 11 is 8.44. The third kappa shape index (κ3) is 7.64. The summed E-state index contributed by atoms with van der Waals surface area (Å²) in [6, 6.07) is 2.92. The first-order valence-electron chi connectivity index (χ1n) is 13.9. The topological polar surface area (TPSA) is 69.6 Å². The Morgan fingerprint density at radius 3 is 1.63 bits per heavy atom. The second-order valence-corrected chi connectivity index (χ2v) is 13.8. The zero-order valence-corrected chi connectivity index (χ0v) is 26.8. The third-order valence-electron chi connectivity index (χ3n) is 7.49. The Balaban J connectivity index is 0.000000182. The van der Waals surface area contributed by atoms with E-state index in [0.717, 1.165) is 27.0 Å². The summed E-state index contributed by atoms with van der Waals surface area (Å²) in [7, 11) is 3.75. The van der Waals surface area contributed by atoms with E-state index in [1.54, 1.807) is 17.3 Å². The molecule has 4 heterocycles. The minimum Gasteiger partial charge on any atom is -0.354 e. The maximum atomic E-state index is 13.9. The molecule has 2 saturated heterocycles. The Morgan fingerprint density at radius 1 is 0.761 bits per heavy atom. The van der Waals surface area contributed by atoms with Crippen LogP contribution in [-0.4, -0.2) is 58.8 Å². The Morgan fingerprint density at radius 2 is 1.22 bits per heavy atom. The van der Waals surface area contributed by atoms with Crippen molar-refractivity contribution >= 4 is 51.2 Å². The molecule has 2 atom stereocenters. The quantitative estimate of drug-likeness (QED) is 0.155. The molecule has 2 aromatic carbocycles. The molecule has 2 amide bonds. The molecule has 4 aromatic rings. The molecule has 0 saturated carbocycles. The SMILES string of the molecule is CN(C)c1ncc(CN2CC(c3cc(F)cc(F)c3F)CC2=O)s1.O=C1CC(c2cc(F)cc(F)c2F)CN1Cc1cnc(Cl)s1. The number of thiazole rings is 2. The van der Waals surface area contributed by atoms with Crippen molar-refractivity contribution in [3.8, 4) is 0 Å². The monoisotopic (exact) mass is 701 g/mol. The number of amides is 2. The van der Waals surface area contributed by atoms with E-state index in [1.807, 2.05) is 19.0 Å². The van der Waals surface area contributed by atoms with Crippen LogP contribution in [0.3, 0.4) is 0 Å². The van der Waals surface area contributed by atoms with Gasteiger partial charge in [0.05, 0.1) is 13.1 Å². The van der Waals surface area contributed by atoms with Gasteiger partial charge in [-0.05, 0) is 23.3 Å². The number of nitrogens with zero attached hydrogens (tertiary/aromatic N) is 5. The molecule has 2 aromatic heterocycles. The number of rotatable bonds is 7. The standard InChI is InChI=1S/C16H16F3N3OS.C14H10ClF3N2OS/c1-21(2)16-20-6-11(24-16)8-22-7-9(3-14(22)23)12-4-10(17)5-13(18)15(12)19;15-14-19-4-9(22-14)6-20-5-7(1-12(20)21)10-2-8(16)3-11(17)13(10)18/h4-6,9H,3,7-8H2,1-2H3;2-4,7H,1,5-6H2. The lowest BCUT2D eigenvalue weighted by molar-refractivity contribution is -0.128. The highest BCUT2D eigenvalue weighted by Gasteiger charge is 2.35. The van der Waals surface area contributed by atoms with Gasteiger partial charge < -0.3 is 14.7 Å². The van der Waals surface area contributed by atoms with Crippen LogP contribution in [0.15, 0.2) is 36.7 Å². The molecule has 2 fully saturated rings. The first-order chi connectivity index (χ1) is 21.8. The summed E-state index contributed by atoms with van der Waals surface area (Å²) in [5.74, 6) is -7.82. The van der Waals surface area contributed by atoms with Gasteiger partial charge in [0.15, 0.2) is 32.9 Å². The van der Waals surface area contributed by atoms with Crippen molar-refractivity contribution in [3.63, 3.8) is 0 Å². The van der Waals surface area contributed by atoms with Gasteiger partial charge in [0.2, 0.25) is 11.8 Å². The Kier molecular flexibility index (Phi) is 10.2. The van der Waals surface area contributed by atoms with E-state index in [2.05, 4.69) is 9.97 Å². The van der Waals surface area contributed by atoms with Crippen LogP contribution in [0.25, 0.3) is 0 Å². The molecule has 2 aliphatic heterocycles. The molecule has 16 heteroatoms. The van der Waals surface area contributed by atoms with Gasteiger partial charge >= 0.3 is 0 Å². The minimum absolute atomic E-state index is 0.0202. The van der Waals surface area contributed by atoms with Crippen LogP contribution in [0.5, 0.6) is 0 Å². The van der Waals surface area contributed by atoms with Crippen molar-refractivity contribution in [2.24, 2.45) is 0 Å². The average molecular weight is 702 g/mol. The van der Waals surface area contributed by atoms with E-state index in [9.17, 15) is 35.9 Å². The summed E-state index contributed by atoms with van der Waals surface area (Å²) in [5, 5.41) is 0.825. The molecule has 0 bridgehead atoms. The highest BCUT2D eigenvalue weighted by atomic mass is 35.5. The summed E-state index contributed by atoms with van der Waals surface area (Å²) in [6.45, 7) is 1.10. The number of anilines is 1. The van der Waals surface area contributed by atoms with Crippen LogP contribution in [0, 0.1) is 34.9 Å². The fourth-order valence-corrected chi connectivity index (χ4v) is 7.16. The molecule has 2 unspecified atom stereocenters. The smallest absolute Gasteiger partial charge is 0.223 e. The molecule has 0 N–H and O–H groups in total. The van der Waals surface area contributed by atoms with Crippen molar-refractivity contribution in [2.45, 2.75) is 37.8 Å². The highest BCUT2D eigenvalue weighted by Crippen LogP contribution is 2.34. The summed E-state index contributed by atoms with van der Waals surface area (Å²) in [5.41, 5.74) is -0.183. The van der Waals surface area contributed by atoms with Crippen LogP contribution in [0.1, 0.15) is 45.6 Å². The van der Waals surface area contributed by atoms with Gasteiger partial charge in [-0.3, -0.25) is 9.59 Å². The van der Waals surface area contributed by atoms with Crippen LogP contribution in [0.4, 0.5) is 31.5 Å². The fourth-order valence-electron chi connectivity index (χ4n) is 5.32.